The summed E-state index contributed by atoms with van der Waals surface area (Å²) in [6.45, 7) is 8.47. The number of rotatable bonds is 2. The Kier molecular flexibility index (Phi) is 3.56. The van der Waals surface area contributed by atoms with E-state index in [0.717, 1.165) is 25.7 Å². The molecule has 1 aliphatic heterocycles. The van der Waals surface area contributed by atoms with E-state index in [1.165, 1.54) is 11.3 Å². The Labute approximate surface area is 126 Å². The van der Waals surface area contributed by atoms with Crippen LogP contribution < -0.4 is 5.32 Å². The molecule has 5 nitrogen and oxygen atoms in total. The Balaban J connectivity index is 1.82. The number of aromatic nitrogens is 2. The van der Waals surface area contributed by atoms with Gasteiger partial charge in [0.2, 0.25) is 0 Å². The molecule has 0 saturated carbocycles. The second kappa shape index (κ2) is 5.13. The Morgan fingerprint density at radius 3 is 2.76 bits per heavy atom. The van der Waals surface area contributed by atoms with E-state index in [0.29, 0.717) is 0 Å². The minimum atomic E-state index is -0.172. The van der Waals surface area contributed by atoms with Crippen LogP contribution in [-0.2, 0) is 21.5 Å². The minimum Gasteiger partial charge on any atom is -0.461 e. The van der Waals surface area contributed by atoms with Crippen LogP contribution >= 0.6 is 0 Å². The van der Waals surface area contributed by atoms with Crippen LogP contribution in [0.1, 0.15) is 64.3 Å². The Bertz CT molecular complexity index is 544. The van der Waals surface area contributed by atoms with Crippen LogP contribution in [0.25, 0.3) is 0 Å². The summed E-state index contributed by atoms with van der Waals surface area (Å²) in [5.41, 5.74) is 2.56. The van der Waals surface area contributed by atoms with Crippen LogP contribution in [0.5, 0.6) is 0 Å². The van der Waals surface area contributed by atoms with Crippen LogP contribution in [0.2, 0.25) is 0 Å². The molecule has 0 spiro atoms. The first kappa shape index (κ1) is 14.6. The normalized spacial score (nSPS) is 29.3. The summed E-state index contributed by atoms with van der Waals surface area (Å²) >= 11 is 0. The van der Waals surface area contributed by atoms with Crippen LogP contribution in [0.4, 0.5) is 0 Å². The van der Waals surface area contributed by atoms with Gasteiger partial charge in [0, 0.05) is 23.7 Å². The number of carbonyl (C=O) groups is 1. The van der Waals surface area contributed by atoms with Gasteiger partial charge in [-0.2, -0.15) is 5.10 Å². The molecule has 1 aromatic heterocycles. The third-order valence-electron chi connectivity index (χ3n) is 4.39. The maximum atomic E-state index is 11.8. The Hall–Kier alpha value is -1.36. The van der Waals surface area contributed by atoms with Gasteiger partial charge in [-0.05, 0) is 47.0 Å². The van der Waals surface area contributed by atoms with Gasteiger partial charge in [-0.1, -0.05) is 0 Å². The molecule has 2 heterocycles. The highest BCUT2D eigenvalue weighted by molar-refractivity contribution is 5.78. The summed E-state index contributed by atoms with van der Waals surface area (Å²) in [7, 11) is 0. The summed E-state index contributed by atoms with van der Waals surface area (Å²) < 4.78 is 7.37. The highest BCUT2D eigenvalue weighted by atomic mass is 16.6. The van der Waals surface area contributed by atoms with Crippen molar-refractivity contribution in [2.75, 3.05) is 0 Å². The molecule has 0 unspecified atom stereocenters. The summed E-state index contributed by atoms with van der Waals surface area (Å²) in [6, 6.07) is 0.0432. The topological polar surface area (TPSA) is 56.2 Å². The average molecular weight is 291 g/mol. The van der Waals surface area contributed by atoms with Gasteiger partial charge in [0.15, 0.2) is 0 Å². The molecule has 21 heavy (non-hydrogen) atoms. The summed E-state index contributed by atoms with van der Waals surface area (Å²) in [5, 5.41) is 8.08. The monoisotopic (exact) mass is 291 g/mol. The highest BCUT2D eigenvalue weighted by Gasteiger charge is 2.36. The third-order valence-corrected chi connectivity index (χ3v) is 4.39. The van der Waals surface area contributed by atoms with Crippen molar-refractivity contribution in [1.29, 1.82) is 0 Å². The predicted octanol–water partition coefficient (Wildman–Crippen LogP) is 2.31. The summed E-state index contributed by atoms with van der Waals surface area (Å²) in [6.07, 6.45) is 6.01. The minimum absolute atomic E-state index is 0.00369. The van der Waals surface area contributed by atoms with Gasteiger partial charge in [-0.15, -0.1) is 0 Å². The van der Waals surface area contributed by atoms with Crippen LogP contribution in [0, 0.1) is 0 Å². The van der Waals surface area contributed by atoms with Gasteiger partial charge in [0.1, 0.15) is 12.1 Å². The fraction of sp³-hybridized carbons (Fsp3) is 0.750. The number of cyclic esters (lactones) is 1. The molecule has 116 valence electrons. The molecule has 0 bridgehead atoms. The number of hydrogen-bond acceptors (Lipinski definition) is 4. The van der Waals surface area contributed by atoms with Gasteiger partial charge < -0.3 is 4.74 Å². The van der Waals surface area contributed by atoms with E-state index in [4.69, 9.17) is 4.74 Å². The molecule has 0 amide bonds. The van der Waals surface area contributed by atoms with E-state index in [1.807, 2.05) is 13.1 Å². The molecular formula is C16H25N3O2. The van der Waals surface area contributed by atoms with E-state index in [1.54, 1.807) is 0 Å². The van der Waals surface area contributed by atoms with Crippen molar-refractivity contribution in [3.8, 4) is 0 Å². The zero-order valence-electron chi connectivity index (χ0n) is 13.3. The van der Waals surface area contributed by atoms with Crippen molar-refractivity contribution >= 4 is 5.97 Å². The highest BCUT2D eigenvalue weighted by Crippen LogP contribution is 2.33. The molecule has 0 aromatic carbocycles. The molecule has 5 heteroatoms. The lowest BCUT2D eigenvalue weighted by atomic mass is 9.91. The predicted molar refractivity (Wildman–Crippen MR) is 80.0 cm³/mol. The second-order valence-corrected chi connectivity index (χ2v) is 7.28. The lowest BCUT2D eigenvalue weighted by Crippen LogP contribution is -2.38. The Morgan fingerprint density at radius 2 is 2.14 bits per heavy atom. The molecular weight excluding hydrogens is 266 g/mol. The molecule has 1 saturated heterocycles. The summed E-state index contributed by atoms with van der Waals surface area (Å²) in [4.78, 5) is 11.8. The first-order valence-electron chi connectivity index (χ1n) is 7.90. The van der Waals surface area contributed by atoms with Gasteiger partial charge >= 0.3 is 5.97 Å². The number of carbonyl (C=O) groups excluding carboxylic acids is 1. The van der Waals surface area contributed by atoms with Crippen LogP contribution in [-0.4, -0.2) is 27.9 Å². The molecule has 1 N–H and O–H groups in total. The second-order valence-electron chi connectivity index (χ2n) is 7.28. The number of nitrogens with one attached hydrogen (secondary N) is 1. The molecule has 2 aliphatic rings. The Morgan fingerprint density at radius 1 is 1.38 bits per heavy atom. The van der Waals surface area contributed by atoms with E-state index < -0.39 is 0 Å². The van der Waals surface area contributed by atoms with Gasteiger partial charge in [-0.3, -0.25) is 14.8 Å². The van der Waals surface area contributed by atoms with Crippen molar-refractivity contribution in [1.82, 2.24) is 15.1 Å². The number of fused-ring (bicyclic) bond motifs is 1. The molecule has 3 atom stereocenters. The standard InChI is InChI=1S/C16H25N3O2/c1-10-8-13(15(20)21-10)18-12-6-5-7-14-11(12)9-17-19(14)16(2,3)4/h9-10,12-13,18H,5-8H2,1-4H3/t10-,12-,13-/m1/s1. The van der Waals surface area contributed by atoms with E-state index in [-0.39, 0.29) is 29.7 Å². The lowest BCUT2D eigenvalue weighted by Gasteiger charge is -2.29. The van der Waals surface area contributed by atoms with E-state index in [2.05, 4.69) is 35.9 Å². The number of ether oxygens (including phenoxy) is 1. The third kappa shape index (κ3) is 2.71. The lowest BCUT2D eigenvalue weighted by molar-refractivity contribution is -0.142. The van der Waals surface area contributed by atoms with Crippen molar-refractivity contribution in [2.45, 2.75) is 77.1 Å². The average Bonchev–Trinajstić information content (AvgIpc) is 2.93. The molecule has 1 aliphatic carbocycles. The molecule has 1 fully saturated rings. The van der Waals surface area contributed by atoms with E-state index >= 15 is 0 Å². The SMILES string of the molecule is C[C@@H]1C[C@@H](N[C@@H]2CCCc3c2cnn3C(C)(C)C)C(=O)O1. The first-order valence-corrected chi connectivity index (χ1v) is 7.90. The summed E-state index contributed by atoms with van der Waals surface area (Å²) in [5.74, 6) is -0.113. The number of nitrogens with zero attached hydrogens (tertiary/aromatic N) is 2. The zero-order valence-corrected chi connectivity index (χ0v) is 13.3. The van der Waals surface area contributed by atoms with Crippen molar-refractivity contribution in [2.24, 2.45) is 0 Å². The van der Waals surface area contributed by atoms with E-state index in [9.17, 15) is 4.79 Å². The fourth-order valence-electron chi connectivity index (χ4n) is 3.44. The maximum absolute atomic E-state index is 11.8. The number of esters is 1. The zero-order chi connectivity index (χ0) is 15.2. The van der Waals surface area contributed by atoms with Crippen LogP contribution in [0.3, 0.4) is 0 Å². The van der Waals surface area contributed by atoms with Crippen molar-refractivity contribution in [3.05, 3.63) is 17.5 Å². The van der Waals surface area contributed by atoms with Crippen LogP contribution in [0.15, 0.2) is 6.20 Å². The quantitative estimate of drug-likeness (QED) is 0.850. The van der Waals surface area contributed by atoms with Gasteiger partial charge in [0.25, 0.3) is 0 Å². The fourth-order valence-corrected chi connectivity index (χ4v) is 3.44. The van der Waals surface area contributed by atoms with Crippen molar-refractivity contribution < 1.29 is 9.53 Å². The smallest absolute Gasteiger partial charge is 0.323 e. The number of hydrogen-bond donors (Lipinski definition) is 1. The van der Waals surface area contributed by atoms with Gasteiger partial charge in [-0.25, -0.2) is 0 Å². The molecule has 0 radical (unpaired) electrons. The molecule has 3 rings (SSSR count). The van der Waals surface area contributed by atoms with Gasteiger partial charge in [0.05, 0.1) is 11.7 Å². The molecule has 1 aromatic rings. The largest absolute Gasteiger partial charge is 0.461 e. The van der Waals surface area contributed by atoms with Crippen molar-refractivity contribution in [3.63, 3.8) is 0 Å². The first-order chi connectivity index (χ1) is 9.86. The maximum Gasteiger partial charge on any atom is 0.323 e.